The second kappa shape index (κ2) is 7.45. The number of nitrogens with one attached hydrogen (secondary N) is 2. The van der Waals surface area contributed by atoms with E-state index in [0.717, 1.165) is 0 Å². The van der Waals surface area contributed by atoms with Gasteiger partial charge in [-0.25, -0.2) is 9.18 Å². The topological polar surface area (TPSA) is 70.6 Å². The number of alkyl halides is 1. The zero-order chi connectivity index (χ0) is 12.5. The van der Waals surface area contributed by atoms with Crippen molar-refractivity contribution < 1.29 is 19.0 Å². The van der Waals surface area contributed by atoms with Crippen molar-refractivity contribution in [3.8, 4) is 5.75 Å². The summed E-state index contributed by atoms with van der Waals surface area (Å²) >= 11 is 0. The molecule has 0 aliphatic carbocycles. The van der Waals surface area contributed by atoms with Crippen LogP contribution < -0.4 is 15.4 Å². The lowest BCUT2D eigenvalue weighted by molar-refractivity contribution is 0.244. The molecular weight excluding hydrogens is 227 g/mol. The van der Waals surface area contributed by atoms with Gasteiger partial charge in [-0.05, 0) is 12.1 Å². The Morgan fingerprint density at radius 3 is 3.00 bits per heavy atom. The maximum absolute atomic E-state index is 11.9. The minimum atomic E-state index is -0.561. The number of ether oxygens (including phenoxy) is 1. The first kappa shape index (κ1) is 13.2. The van der Waals surface area contributed by atoms with Gasteiger partial charge < -0.3 is 20.5 Å². The maximum atomic E-state index is 11.9. The minimum absolute atomic E-state index is 0.0137. The Kier molecular flexibility index (Phi) is 5.81. The Morgan fingerprint density at radius 2 is 2.29 bits per heavy atom. The van der Waals surface area contributed by atoms with Crippen LogP contribution in [0.2, 0.25) is 0 Å². The molecule has 0 saturated carbocycles. The van der Waals surface area contributed by atoms with E-state index in [2.05, 4.69) is 10.6 Å². The number of carbonyl (C=O) groups excluding carboxylic acids is 1. The molecule has 3 N–H and O–H groups in total. The molecule has 5 nitrogen and oxygen atoms in total. The van der Waals surface area contributed by atoms with Crippen LogP contribution in [0, 0.1) is 0 Å². The predicted octanol–water partition coefficient (Wildman–Crippen LogP) is 1.15. The van der Waals surface area contributed by atoms with Crippen LogP contribution >= 0.6 is 0 Å². The third-order valence-electron chi connectivity index (χ3n) is 1.84. The summed E-state index contributed by atoms with van der Waals surface area (Å²) in [6.45, 7) is -0.508. The van der Waals surface area contributed by atoms with Crippen molar-refractivity contribution >= 4 is 11.7 Å². The largest absolute Gasteiger partial charge is 0.491 e. The average molecular weight is 242 g/mol. The first-order valence-corrected chi connectivity index (χ1v) is 5.21. The molecule has 6 heteroatoms. The number of rotatable bonds is 6. The number of urea groups is 1. The molecule has 1 rings (SSSR count). The van der Waals surface area contributed by atoms with E-state index in [1.54, 1.807) is 24.3 Å². The van der Waals surface area contributed by atoms with Crippen molar-refractivity contribution in [1.82, 2.24) is 5.32 Å². The second-order valence-corrected chi connectivity index (χ2v) is 3.17. The van der Waals surface area contributed by atoms with E-state index in [1.165, 1.54) is 0 Å². The molecular formula is C11H15FN2O3. The van der Waals surface area contributed by atoms with Crippen LogP contribution in [0.25, 0.3) is 0 Å². The Balaban J connectivity index is 2.50. The Morgan fingerprint density at radius 1 is 1.47 bits per heavy atom. The molecule has 0 radical (unpaired) electrons. The summed E-state index contributed by atoms with van der Waals surface area (Å²) in [6, 6.07) is 6.22. The lowest BCUT2D eigenvalue weighted by Crippen LogP contribution is -2.30. The molecule has 0 fully saturated rings. The molecule has 1 aromatic rings. The van der Waals surface area contributed by atoms with Gasteiger partial charge in [0, 0.05) is 18.3 Å². The molecule has 0 saturated heterocycles. The third kappa shape index (κ3) is 5.17. The Bertz CT molecular complexity index is 360. The number of carbonyl (C=O) groups is 1. The van der Waals surface area contributed by atoms with E-state index in [-0.39, 0.29) is 19.8 Å². The molecule has 0 aliphatic rings. The van der Waals surface area contributed by atoms with E-state index in [9.17, 15) is 9.18 Å². The zero-order valence-electron chi connectivity index (χ0n) is 9.28. The van der Waals surface area contributed by atoms with E-state index in [1.807, 2.05) is 0 Å². The highest BCUT2D eigenvalue weighted by molar-refractivity contribution is 5.89. The summed E-state index contributed by atoms with van der Waals surface area (Å²) in [4.78, 5) is 11.3. The van der Waals surface area contributed by atoms with Crippen molar-refractivity contribution in [3.05, 3.63) is 24.3 Å². The number of anilines is 1. The second-order valence-electron chi connectivity index (χ2n) is 3.17. The van der Waals surface area contributed by atoms with Gasteiger partial charge in [-0.2, -0.15) is 0 Å². The summed E-state index contributed by atoms with van der Waals surface area (Å²) in [5.74, 6) is 0.489. The van der Waals surface area contributed by atoms with Crippen LogP contribution in [0.4, 0.5) is 14.9 Å². The molecule has 0 aliphatic heterocycles. The number of aliphatic hydroxyl groups excluding tert-OH is 1. The van der Waals surface area contributed by atoms with Crippen molar-refractivity contribution in [2.75, 3.05) is 31.7 Å². The fourth-order valence-corrected chi connectivity index (χ4v) is 1.16. The lowest BCUT2D eigenvalue weighted by Gasteiger charge is -2.08. The van der Waals surface area contributed by atoms with Crippen LogP contribution in [-0.2, 0) is 0 Å². The number of amides is 2. The highest BCUT2D eigenvalue weighted by Crippen LogP contribution is 2.17. The fourth-order valence-electron chi connectivity index (χ4n) is 1.16. The average Bonchev–Trinajstić information content (AvgIpc) is 2.34. The van der Waals surface area contributed by atoms with Crippen LogP contribution in [0.15, 0.2) is 24.3 Å². The maximum Gasteiger partial charge on any atom is 0.319 e. The van der Waals surface area contributed by atoms with Gasteiger partial charge in [-0.15, -0.1) is 0 Å². The van der Waals surface area contributed by atoms with Crippen molar-refractivity contribution in [2.24, 2.45) is 0 Å². The number of aliphatic hydroxyl groups is 1. The van der Waals surface area contributed by atoms with Gasteiger partial charge in [0.05, 0.1) is 6.61 Å². The molecule has 0 bridgehead atoms. The highest BCUT2D eigenvalue weighted by atomic mass is 19.1. The van der Waals surface area contributed by atoms with Crippen molar-refractivity contribution in [1.29, 1.82) is 0 Å². The third-order valence-corrected chi connectivity index (χ3v) is 1.84. The Labute approximate surface area is 98.6 Å². The van der Waals surface area contributed by atoms with Crippen LogP contribution in [-0.4, -0.2) is 37.6 Å². The molecule has 2 amide bonds. The minimum Gasteiger partial charge on any atom is -0.491 e. The fraction of sp³-hybridized carbons (Fsp3) is 0.364. The molecule has 1 aromatic carbocycles. The highest BCUT2D eigenvalue weighted by Gasteiger charge is 2.01. The normalized spacial score (nSPS) is 9.76. The summed E-state index contributed by atoms with van der Waals surface area (Å²) in [6.07, 6.45) is 0. The van der Waals surface area contributed by atoms with Gasteiger partial charge in [0.2, 0.25) is 0 Å². The zero-order valence-corrected chi connectivity index (χ0v) is 9.28. The molecule has 94 valence electrons. The van der Waals surface area contributed by atoms with E-state index < -0.39 is 12.7 Å². The van der Waals surface area contributed by atoms with Crippen LogP contribution in [0.5, 0.6) is 5.75 Å². The molecule has 0 spiro atoms. The Hall–Kier alpha value is -1.82. The molecule has 17 heavy (non-hydrogen) atoms. The van der Waals surface area contributed by atoms with Gasteiger partial charge in [-0.3, -0.25) is 0 Å². The van der Waals surface area contributed by atoms with Gasteiger partial charge in [0.15, 0.2) is 0 Å². The summed E-state index contributed by atoms with van der Waals surface area (Å²) < 4.78 is 17.0. The molecule has 0 heterocycles. The molecule has 0 atom stereocenters. The number of halogens is 1. The van der Waals surface area contributed by atoms with Gasteiger partial charge in [-0.1, -0.05) is 6.07 Å². The lowest BCUT2D eigenvalue weighted by atomic mass is 10.3. The number of benzene rings is 1. The first-order chi connectivity index (χ1) is 8.26. The summed E-state index contributed by atoms with van der Waals surface area (Å²) in [7, 11) is 0. The number of hydrogen-bond acceptors (Lipinski definition) is 3. The van der Waals surface area contributed by atoms with Crippen LogP contribution in [0.1, 0.15) is 0 Å². The van der Waals surface area contributed by atoms with E-state index in [4.69, 9.17) is 9.84 Å². The first-order valence-electron chi connectivity index (χ1n) is 5.21. The van der Waals surface area contributed by atoms with Gasteiger partial charge in [0.1, 0.15) is 19.0 Å². The quantitative estimate of drug-likeness (QED) is 0.700. The smallest absolute Gasteiger partial charge is 0.319 e. The molecule has 0 unspecified atom stereocenters. The number of hydrogen-bond donors (Lipinski definition) is 3. The molecule has 0 aromatic heterocycles. The SMILES string of the molecule is O=C(NCCO)Nc1cccc(OCCF)c1. The van der Waals surface area contributed by atoms with E-state index in [0.29, 0.717) is 11.4 Å². The summed E-state index contributed by atoms with van der Waals surface area (Å²) in [5.41, 5.74) is 0.539. The standard InChI is InChI=1S/C11H15FN2O3/c12-4-7-17-10-3-1-2-9(8-10)14-11(16)13-5-6-15/h1-3,8,15H,4-7H2,(H2,13,14,16). The van der Waals surface area contributed by atoms with Gasteiger partial charge >= 0.3 is 6.03 Å². The predicted molar refractivity (Wildman–Crippen MR) is 62.0 cm³/mol. The van der Waals surface area contributed by atoms with Gasteiger partial charge in [0.25, 0.3) is 0 Å². The van der Waals surface area contributed by atoms with Crippen molar-refractivity contribution in [2.45, 2.75) is 0 Å². The van der Waals surface area contributed by atoms with Crippen molar-refractivity contribution in [3.63, 3.8) is 0 Å². The summed E-state index contributed by atoms with van der Waals surface area (Å²) in [5, 5.41) is 13.5. The monoisotopic (exact) mass is 242 g/mol. The van der Waals surface area contributed by atoms with E-state index >= 15 is 0 Å². The van der Waals surface area contributed by atoms with Crippen LogP contribution in [0.3, 0.4) is 0 Å².